The van der Waals surface area contributed by atoms with Gasteiger partial charge >= 0.3 is 5.69 Å². The maximum absolute atomic E-state index is 12.8. The molecular weight excluding hydrogens is 390 g/mol. The van der Waals surface area contributed by atoms with Crippen molar-refractivity contribution < 1.29 is 13.2 Å². The Morgan fingerprint density at radius 1 is 0.966 bits per heavy atom. The third-order valence-corrected chi connectivity index (χ3v) is 6.69. The average Bonchev–Trinajstić information content (AvgIpc) is 3.02. The SMILES string of the molecule is Cc1ccc(S(=O)(=O)n2ccn(CC(=O)Nc3cccc(C)c3C)c2=O)cc1C. The zero-order chi connectivity index (χ0) is 21.3. The molecule has 7 nitrogen and oxygen atoms in total. The summed E-state index contributed by atoms with van der Waals surface area (Å²) in [5, 5.41) is 2.76. The fourth-order valence-electron chi connectivity index (χ4n) is 2.92. The van der Waals surface area contributed by atoms with Crippen LogP contribution in [0.1, 0.15) is 22.3 Å². The summed E-state index contributed by atoms with van der Waals surface area (Å²) in [7, 11) is -4.04. The molecule has 0 saturated carbocycles. The number of rotatable bonds is 5. The Morgan fingerprint density at radius 2 is 1.69 bits per heavy atom. The van der Waals surface area contributed by atoms with Crippen molar-refractivity contribution in [2.24, 2.45) is 0 Å². The number of benzene rings is 2. The van der Waals surface area contributed by atoms with Crippen LogP contribution in [0, 0.1) is 27.7 Å². The van der Waals surface area contributed by atoms with Crippen LogP contribution in [0.3, 0.4) is 0 Å². The highest BCUT2D eigenvalue weighted by atomic mass is 32.2. The maximum Gasteiger partial charge on any atom is 0.342 e. The van der Waals surface area contributed by atoms with Crippen LogP contribution in [0.15, 0.2) is 58.5 Å². The van der Waals surface area contributed by atoms with E-state index in [4.69, 9.17) is 0 Å². The lowest BCUT2D eigenvalue weighted by Crippen LogP contribution is -2.32. The van der Waals surface area contributed by atoms with Gasteiger partial charge in [0.15, 0.2) is 0 Å². The number of anilines is 1. The van der Waals surface area contributed by atoms with Gasteiger partial charge < -0.3 is 5.32 Å². The van der Waals surface area contributed by atoms with Crippen LogP contribution in [0.4, 0.5) is 5.69 Å². The summed E-state index contributed by atoms with van der Waals surface area (Å²) in [6.07, 6.45) is 2.46. The van der Waals surface area contributed by atoms with Crippen molar-refractivity contribution in [3.8, 4) is 0 Å². The minimum atomic E-state index is -4.04. The van der Waals surface area contributed by atoms with E-state index in [0.29, 0.717) is 9.66 Å². The lowest BCUT2D eigenvalue weighted by Gasteiger charge is -2.10. The molecule has 152 valence electrons. The largest absolute Gasteiger partial charge is 0.342 e. The molecule has 0 fully saturated rings. The van der Waals surface area contributed by atoms with Crippen molar-refractivity contribution in [2.75, 3.05) is 5.32 Å². The molecule has 0 aliphatic rings. The molecule has 0 unspecified atom stereocenters. The number of hydrogen-bond donors (Lipinski definition) is 1. The molecule has 3 rings (SSSR count). The molecule has 0 radical (unpaired) electrons. The van der Waals surface area contributed by atoms with E-state index in [0.717, 1.165) is 33.0 Å². The van der Waals surface area contributed by atoms with Gasteiger partial charge in [0, 0.05) is 18.1 Å². The number of nitrogens with one attached hydrogen (secondary N) is 1. The van der Waals surface area contributed by atoms with Crippen molar-refractivity contribution in [3.63, 3.8) is 0 Å². The van der Waals surface area contributed by atoms with Gasteiger partial charge in [-0.15, -0.1) is 0 Å². The molecule has 8 heteroatoms. The molecule has 29 heavy (non-hydrogen) atoms. The first-order chi connectivity index (χ1) is 13.6. The van der Waals surface area contributed by atoms with Crippen molar-refractivity contribution in [1.29, 1.82) is 0 Å². The summed E-state index contributed by atoms with van der Waals surface area (Å²) >= 11 is 0. The maximum atomic E-state index is 12.8. The van der Waals surface area contributed by atoms with E-state index in [1.54, 1.807) is 19.1 Å². The Bertz CT molecular complexity index is 1250. The minimum Gasteiger partial charge on any atom is -0.324 e. The monoisotopic (exact) mass is 413 g/mol. The summed E-state index contributed by atoms with van der Waals surface area (Å²) in [6.45, 7) is 7.22. The first-order valence-electron chi connectivity index (χ1n) is 9.08. The van der Waals surface area contributed by atoms with Gasteiger partial charge in [0.05, 0.1) is 4.90 Å². The quantitative estimate of drug-likeness (QED) is 0.696. The first-order valence-corrected chi connectivity index (χ1v) is 10.5. The van der Waals surface area contributed by atoms with E-state index < -0.39 is 21.6 Å². The third kappa shape index (κ3) is 4.02. The van der Waals surface area contributed by atoms with Crippen LogP contribution in [0.5, 0.6) is 0 Å². The molecule has 1 heterocycles. The Hall–Kier alpha value is -3.13. The minimum absolute atomic E-state index is 0.0280. The Balaban J connectivity index is 1.85. The highest BCUT2D eigenvalue weighted by Crippen LogP contribution is 2.18. The smallest absolute Gasteiger partial charge is 0.324 e. The number of nitrogens with zero attached hydrogens (tertiary/aromatic N) is 2. The number of amides is 1. The summed E-state index contributed by atoms with van der Waals surface area (Å²) in [5.74, 6) is -0.415. The van der Waals surface area contributed by atoms with Crippen LogP contribution < -0.4 is 11.0 Å². The van der Waals surface area contributed by atoms with E-state index in [1.807, 2.05) is 32.9 Å². The van der Waals surface area contributed by atoms with Crippen molar-refractivity contribution >= 4 is 21.6 Å². The average molecular weight is 413 g/mol. The van der Waals surface area contributed by atoms with E-state index >= 15 is 0 Å². The number of carbonyl (C=O) groups is 1. The second kappa shape index (κ2) is 7.71. The van der Waals surface area contributed by atoms with Crippen molar-refractivity contribution in [2.45, 2.75) is 39.1 Å². The number of carbonyl (C=O) groups excluding carboxylic acids is 1. The van der Waals surface area contributed by atoms with Crippen LogP contribution in [-0.2, 0) is 21.4 Å². The zero-order valence-electron chi connectivity index (χ0n) is 16.8. The first kappa shape index (κ1) is 20.6. The normalized spacial score (nSPS) is 11.4. The predicted octanol–water partition coefficient (Wildman–Crippen LogP) is 2.76. The predicted molar refractivity (Wildman–Crippen MR) is 112 cm³/mol. The molecule has 1 aromatic heterocycles. The Morgan fingerprint density at radius 3 is 2.38 bits per heavy atom. The summed E-state index contributed by atoms with van der Waals surface area (Å²) in [6, 6.07) is 10.2. The van der Waals surface area contributed by atoms with Gasteiger partial charge in [-0.3, -0.25) is 9.36 Å². The zero-order valence-corrected chi connectivity index (χ0v) is 17.6. The topological polar surface area (TPSA) is 90.2 Å². The van der Waals surface area contributed by atoms with Crippen LogP contribution >= 0.6 is 0 Å². The molecular formula is C21H23N3O4S. The number of imidazole rings is 1. The second-order valence-electron chi connectivity index (χ2n) is 7.05. The lowest BCUT2D eigenvalue weighted by molar-refractivity contribution is -0.116. The van der Waals surface area contributed by atoms with Gasteiger partial charge in [0.25, 0.3) is 10.0 Å². The molecule has 3 aromatic rings. The van der Waals surface area contributed by atoms with E-state index in [2.05, 4.69) is 5.32 Å². The van der Waals surface area contributed by atoms with E-state index in [9.17, 15) is 18.0 Å². The lowest BCUT2D eigenvalue weighted by atomic mass is 10.1. The van der Waals surface area contributed by atoms with E-state index in [1.165, 1.54) is 18.3 Å². The van der Waals surface area contributed by atoms with E-state index in [-0.39, 0.29) is 11.4 Å². The van der Waals surface area contributed by atoms with Crippen molar-refractivity contribution in [3.05, 3.63) is 81.5 Å². The molecule has 1 amide bonds. The summed E-state index contributed by atoms with van der Waals surface area (Å²) in [5.41, 5.74) is 3.60. The summed E-state index contributed by atoms with van der Waals surface area (Å²) in [4.78, 5) is 25.0. The fraction of sp³-hybridized carbons (Fsp3) is 0.238. The molecule has 0 atom stereocenters. The molecule has 0 bridgehead atoms. The Kier molecular flexibility index (Phi) is 5.48. The number of aromatic nitrogens is 2. The summed E-state index contributed by atoms with van der Waals surface area (Å²) < 4.78 is 27.4. The van der Waals surface area contributed by atoms with Gasteiger partial charge in [-0.05, 0) is 68.1 Å². The van der Waals surface area contributed by atoms with Crippen LogP contribution in [-0.4, -0.2) is 22.9 Å². The van der Waals surface area contributed by atoms with Gasteiger partial charge in [0.1, 0.15) is 6.54 Å². The number of aryl methyl sites for hydroxylation is 3. The highest BCUT2D eigenvalue weighted by molar-refractivity contribution is 7.90. The highest BCUT2D eigenvalue weighted by Gasteiger charge is 2.21. The molecule has 0 aliphatic carbocycles. The fourth-order valence-corrected chi connectivity index (χ4v) is 4.24. The van der Waals surface area contributed by atoms with Gasteiger partial charge in [0.2, 0.25) is 5.91 Å². The van der Waals surface area contributed by atoms with Crippen LogP contribution in [0.25, 0.3) is 0 Å². The molecule has 0 saturated heterocycles. The molecule has 1 N–H and O–H groups in total. The third-order valence-electron chi connectivity index (χ3n) is 5.04. The number of hydrogen-bond acceptors (Lipinski definition) is 4. The van der Waals surface area contributed by atoms with Gasteiger partial charge in [-0.1, -0.05) is 18.2 Å². The second-order valence-corrected chi connectivity index (χ2v) is 8.87. The van der Waals surface area contributed by atoms with Crippen molar-refractivity contribution in [1.82, 2.24) is 8.54 Å². The molecule has 0 spiro atoms. The standard InChI is InChI=1S/C21H23N3O4S/c1-14-8-9-18(12-16(14)3)29(27,28)24-11-10-23(21(24)26)13-20(25)22-19-7-5-6-15(2)17(19)4/h5-12H,13H2,1-4H3,(H,22,25). The molecule has 2 aromatic carbocycles. The Labute approximate surface area is 169 Å². The van der Waals surface area contributed by atoms with Gasteiger partial charge in [-0.25, -0.2) is 13.2 Å². The molecule has 0 aliphatic heterocycles. The van der Waals surface area contributed by atoms with Crippen LogP contribution in [0.2, 0.25) is 0 Å². The van der Waals surface area contributed by atoms with Gasteiger partial charge in [-0.2, -0.15) is 3.97 Å².